The van der Waals surface area contributed by atoms with Gasteiger partial charge in [0.1, 0.15) is 0 Å². The minimum atomic E-state index is 0.308. The average molecular weight is 309 g/mol. The SMILES string of the molecule is N#Cc1cc(Br)cc(NC2CCC(CO)CC2)c1. The van der Waals surface area contributed by atoms with Gasteiger partial charge in [0, 0.05) is 22.8 Å². The summed E-state index contributed by atoms with van der Waals surface area (Å²) in [5, 5.41) is 21.5. The first kappa shape index (κ1) is 13.4. The molecular weight excluding hydrogens is 292 g/mol. The molecule has 0 unspecified atom stereocenters. The predicted octanol–water partition coefficient (Wildman–Crippen LogP) is 3.28. The highest BCUT2D eigenvalue weighted by atomic mass is 79.9. The van der Waals surface area contributed by atoms with E-state index in [-0.39, 0.29) is 0 Å². The summed E-state index contributed by atoms with van der Waals surface area (Å²) in [6.07, 6.45) is 4.32. The summed E-state index contributed by atoms with van der Waals surface area (Å²) in [7, 11) is 0. The molecule has 1 aliphatic rings. The molecule has 18 heavy (non-hydrogen) atoms. The molecule has 1 aromatic rings. The number of rotatable bonds is 3. The van der Waals surface area contributed by atoms with E-state index in [1.54, 1.807) is 0 Å². The second-order valence-corrected chi connectivity index (χ2v) is 5.80. The average Bonchev–Trinajstić information content (AvgIpc) is 2.39. The lowest BCUT2D eigenvalue weighted by Crippen LogP contribution is -2.27. The first-order valence-electron chi connectivity index (χ1n) is 6.29. The van der Waals surface area contributed by atoms with Crippen LogP contribution in [-0.4, -0.2) is 17.8 Å². The summed E-state index contributed by atoms with van der Waals surface area (Å²) in [6, 6.07) is 8.30. The number of anilines is 1. The van der Waals surface area contributed by atoms with Crippen LogP contribution < -0.4 is 5.32 Å². The van der Waals surface area contributed by atoms with E-state index in [4.69, 9.17) is 10.4 Å². The number of aliphatic hydroxyl groups excluding tert-OH is 1. The first-order chi connectivity index (χ1) is 8.71. The van der Waals surface area contributed by atoms with E-state index >= 15 is 0 Å². The van der Waals surface area contributed by atoms with Crippen molar-refractivity contribution in [2.45, 2.75) is 31.7 Å². The van der Waals surface area contributed by atoms with Crippen LogP contribution in [0.5, 0.6) is 0 Å². The molecule has 0 bridgehead atoms. The summed E-state index contributed by atoms with van der Waals surface area (Å²) < 4.78 is 0.924. The van der Waals surface area contributed by atoms with Crippen molar-refractivity contribution < 1.29 is 5.11 Å². The van der Waals surface area contributed by atoms with Crippen molar-refractivity contribution in [3.8, 4) is 6.07 Å². The fourth-order valence-corrected chi connectivity index (χ4v) is 2.96. The van der Waals surface area contributed by atoms with Crippen molar-refractivity contribution in [2.75, 3.05) is 11.9 Å². The van der Waals surface area contributed by atoms with E-state index in [9.17, 15) is 0 Å². The third-order valence-corrected chi connectivity index (χ3v) is 3.96. The second-order valence-electron chi connectivity index (χ2n) is 4.88. The summed E-state index contributed by atoms with van der Waals surface area (Å²) in [4.78, 5) is 0. The second kappa shape index (κ2) is 6.21. The first-order valence-corrected chi connectivity index (χ1v) is 7.08. The predicted molar refractivity (Wildman–Crippen MR) is 75.3 cm³/mol. The Bertz CT molecular complexity index is 448. The molecule has 1 fully saturated rings. The van der Waals surface area contributed by atoms with Gasteiger partial charge < -0.3 is 10.4 Å². The molecule has 0 atom stereocenters. The Labute approximate surface area is 116 Å². The molecule has 1 saturated carbocycles. The number of nitrogens with one attached hydrogen (secondary N) is 1. The molecule has 1 aromatic carbocycles. The minimum Gasteiger partial charge on any atom is -0.396 e. The number of nitrogens with zero attached hydrogens (tertiary/aromatic N) is 1. The highest BCUT2D eigenvalue weighted by Crippen LogP contribution is 2.27. The summed E-state index contributed by atoms with van der Waals surface area (Å²) in [5.74, 6) is 0.472. The topological polar surface area (TPSA) is 56.0 Å². The molecule has 0 amide bonds. The minimum absolute atomic E-state index is 0.308. The Hall–Kier alpha value is -1.05. The van der Waals surface area contributed by atoms with E-state index in [2.05, 4.69) is 27.3 Å². The molecule has 0 radical (unpaired) electrons. The third-order valence-electron chi connectivity index (χ3n) is 3.50. The number of nitriles is 1. The van der Waals surface area contributed by atoms with Gasteiger partial charge in [0.15, 0.2) is 0 Å². The van der Waals surface area contributed by atoms with Crippen LogP contribution in [0.4, 0.5) is 5.69 Å². The van der Waals surface area contributed by atoms with Gasteiger partial charge in [-0.3, -0.25) is 0 Å². The number of hydrogen-bond acceptors (Lipinski definition) is 3. The molecule has 0 aromatic heterocycles. The van der Waals surface area contributed by atoms with Crippen LogP contribution >= 0.6 is 15.9 Å². The van der Waals surface area contributed by atoms with Gasteiger partial charge in [-0.25, -0.2) is 0 Å². The maximum absolute atomic E-state index is 9.11. The molecule has 96 valence electrons. The van der Waals surface area contributed by atoms with Crippen molar-refractivity contribution in [1.82, 2.24) is 0 Å². The van der Waals surface area contributed by atoms with Crippen molar-refractivity contribution >= 4 is 21.6 Å². The van der Waals surface area contributed by atoms with Gasteiger partial charge in [-0.1, -0.05) is 15.9 Å². The molecule has 0 aliphatic heterocycles. The van der Waals surface area contributed by atoms with Crippen LogP contribution in [-0.2, 0) is 0 Å². The summed E-state index contributed by atoms with van der Waals surface area (Å²) in [6.45, 7) is 0.308. The number of hydrogen-bond donors (Lipinski definition) is 2. The van der Waals surface area contributed by atoms with Gasteiger partial charge in [-0.15, -0.1) is 0 Å². The van der Waals surface area contributed by atoms with Crippen molar-refractivity contribution in [3.05, 3.63) is 28.2 Å². The third kappa shape index (κ3) is 3.47. The highest BCUT2D eigenvalue weighted by Gasteiger charge is 2.20. The van der Waals surface area contributed by atoms with Gasteiger partial charge in [0.25, 0.3) is 0 Å². The van der Waals surface area contributed by atoms with E-state index < -0.39 is 0 Å². The molecule has 4 heteroatoms. The Morgan fingerprint density at radius 3 is 2.61 bits per heavy atom. The fraction of sp³-hybridized carbons (Fsp3) is 0.500. The van der Waals surface area contributed by atoms with Crippen molar-refractivity contribution in [2.24, 2.45) is 5.92 Å². The van der Waals surface area contributed by atoms with Crippen molar-refractivity contribution in [1.29, 1.82) is 5.26 Å². The zero-order valence-corrected chi connectivity index (χ0v) is 11.8. The van der Waals surface area contributed by atoms with E-state index in [1.807, 2.05) is 18.2 Å². The fourth-order valence-electron chi connectivity index (χ4n) is 2.46. The van der Waals surface area contributed by atoms with Gasteiger partial charge >= 0.3 is 0 Å². The Morgan fingerprint density at radius 1 is 1.28 bits per heavy atom. The highest BCUT2D eigenvalue weighted by molar-refractivity contribution is 9.10. The molecular formula is C14H17BrN2O. The maximum atomic E-state index is 9.11. The van der Waals surface area contributed by atoms with Gasteiger partial charge in [-0.2, -0.15) is 5.26 Å². The zero-order valence-electron chi connectivity index (χ0n) is 10.2. The molecule has 0 heterocycles. The summed E-state index contributed by atoms with van der Waals surface area (Å²) in [5.41, 5.74) is 1.66. The monoisotopic (exact) mass is 308 g/mol. The van der Waals surface area contributed by atoms with E-state index in [0.29, 0.717) is 24.1 Å². The zero-order chi connectivity index (χ0) is 13.0. The van der Waals surface area contributed by atoms with E-state index in [1.165, 1.54) is 0 Å². The van der Waals surface area contributed by atoms with Crippen LogP contribution in [0.3, 0.4) is 0 Å². The van der Waals surface area contributed by atoms with Crippen LogP contribution in [0, 0.1) is 17.2 Å². The largest absolute Gasteiger partial charge is 0.396 e. The quantitative estimate of drug-likeness (QED) is 0.901. The lowest BCUT2D eigenvalue weighted by molar-refractivity contribution is 0.186. The van der Waals surface area contributed by atoms with Crippen LogP contribution in [0.2, 0.25) is 0 Å². The van der Waals surface area contributed by atoms with Crippen LogP contribution in [0.25, 0.3) is 0 Å². The van der Waals surface area contributed by atoms with Crippen molar-refractivity contribution in [3.63, 3.8) is 0 Å². The summed E-state index contributed by atoms with van der Waals surface area (Å²) >= 11 is 3.42. The lowest BCUT2D eigenvalue weighted by atomic mass is 9.86. The van der Waals surface area contributed by atoms with Crippen LogP contribution in [0.1, 0.15) is 31.2 Å². The normalized spacial score (nSPS) is 23.4. The lowest BCUT2D eigenvalue weighted by Gasteiger charge is -2.28. The molecule has 1 aliphatic carbocycles. The van der Waals surface area contributed by atoms with Crippen LogP contribution in [0.15, 0.2) is 22.7 Å². The van der Waals surface area contributed by atoms with Gasteiger partial charge in [-0.05, 0) is 49.8 Å². The number of aliphatic hydroxyl groups is 1. The Morgan fingerprint density at radius 2 is 2.00 bits per heavy atom. The molecule has 3 nitrogen and oxygen atoms in total. The molecule has 2 rings (SSSR count). The smallest absolute Gasteiger partial charge is 0.0992 e. The standard InChI is InChI=1S/C14H17BrN2O/c15-12-5-11(8-16)6-14(7-12)17-13-3-1-10(9-18)2-4-13/h5-7,10,13,17-18H,1-4,9H2. The number of halogens is 1. The molecule has 0 spiro atoms. The van der Waals surface area contributed by atoms with Gasteiger partial charge in [0.2, 0.25) is 0 Å². The molecule has 0 saturated heterocycles. The Kier molecular flexibility index (Phi) is 4.62. The van der Waals surface area contributed by atoms with Gasteiger partial charge in [0.05, 0.1) is 11.6 Å². The maximum Gasteiger partial charge on any atom is 0.0992 e. The number of benzene rings is 1. The molecule has 2 N–H and O–H groups in total. The Balaban J connectivity index is 1.98. The van der Waals surface area contributed by atoms with E-state index in [0.717, 1.165) is 35.8 Å².